The molecule has 0 aromatic rings. The number of carbonyl (C=O) groups is 1. The van der Waals surface area contributed by atoms with Crippen LogP contribution in [0.3, 0.4) is 0 Å². The zero-order valence-electron chi connectivity index (χ0n) is 9.04. The molecule has 0 rings (SSSR count). The Hall–Kier alpha value is -0.393. The normalized spacial score (nSPS) is 10.6. The predicted molar refractivity (Wildman–Crippen MR) is 53.8 cm³/mol. The minimum absolute atomic E-state index is 0.0706. The van der Waals surface area contributed by atoms with Gasteiger partial charge < -0.3 is 13.9 Å². The van der Waals surface area contributed by atoms with E-state index in [4.69, 9.17) is 13.9 Å². The lowest BCUT2D eigenvalue weighted by atomic mass is 10.5. The van der Waals surface area contributed by atoms with Crippen molar-refractivity contribution in [3.63, 3.8) is 0 Å². The summed E-state index contributed by atoms with van der Waals surface area (Å²) in [5.74, 6) is -0.688. The molecule has 0 fully saturated rings. The van der Waals surface area contributed by atoms with Crippen LogP contribution in [0.4, 0.5) is 0 Å². The summed E-state index contributed by atoms with van der Waals surface area (Å²) in [7, 11) is -0.0706. The summed E-state index contributed by atoms with van der Waals surface area (Å²) in [5.41, 5.74) is 0. The SMILES string of the molecule is CCCOC(OCCC)[Si]OC(C)=O. The Balaban J connectivity index is 3.65. The molecule has 0 aromatic heterocycles. The van der Waals surface area contributed by atoms with Gasteiger partial charge in [-0.2, -0.15) is 0 Å². The van der Waals surface area contributed by atoms with Crippen LogP contribution < -0.4 is 0 Å². The van der Waals surface area contributed by atoms with E-state index in [0.29, 0.717) is 13.2 Å². The number of hydrogen-bond acceptors (Lipinski definition) is 4. The fraction of sp³-hybridized carbons (Fsp3) is 0.889. The number of ether oxygens (including phenoxy) is 2. The quantitative estimate of drug-likeness (QED) is 0.455. The van der Waals surface area contributed by atoms with Crippen molar-refractivity contribution in [2.45, 2.75) is 39.5 Å². The first-order valence-corrected chi connectivity index (χ1v) is 5.85. The molecule has 0 aliphatic heterocycles. The molecule has 0 unspecified atom stereocenters. The van der Waals surface area contributed by atoms with Crippen molar-refractivity contribution in [2.24, 2.45) is 0 Å². The van der Waals surface area contributed by atoms with Crippen molar-refractivity contribution in [3.05, 3.63) is 0 Å². The van der Waals surface area contributed by atoms with Gasteiger partial charge in [-0.1, -0.05) is 13.8 Å². The van der Waals surface area contributed by atoms with Gasteiger partial charge in [-0.25, -0.2) is 0 Å². The van der Waals surface area contributed by atoms with Gasteiger partial charge in [0.1, 0.15) is 0 Å². The molecular formula is C9H18O4Si. The molecule has 0 heterocycles. The van der Waals surface area contributed by atoms with Gasteiger partial charge in [-0.15, -0.1) is 0 Å². The van der Waals surface area contributed by atoms with E-state index in [-0.39, 0.29) is 15.7 Å². The van der Waals surface area contributed by atoms with Crippen molar-refractivity contribution >= 4 is 15.7 Å². The Morgan fingerprint density at radius 3 is 2.07 bits per heavy atom. The van der Waals surface area contributed by atoms with Crippen molar-refractivity contribution in [2.75, 3.05) is 13.2 Å². The van der Waals surface area contributed by atoms with Crippen LogP contribution in [-0.4, -0.2) is 34.9 Å². The summed E-state index contributed by atoms with van der Waals surface area (Å²) in [5, 5.41) is 0. The molecule has 0 atom stereocenters. The zero-order chi connectivity index (χ0) is 10.8. The molecule has 0 saturated heterocycles. The average molecular weight is 218 g/mol. The fourth-order valence-electron chi connectivity index (χ4n) is 0.697. The molecule has 14 heavy (non-hydrogen) atoms. The number of hydrogen-bond donors (Lipinski definition) is 0. The Morgan fingerprint density at radius 1 is 1.21 bits per heavy atom. The lowest BCUT2D eigenvalue weighted by Gasteiger charge is -2.15. The molecule has 0 aliphatic rings. The minimum Gasteiger partial charge on any atom is -0.511 e. The zero-order valence-corrected chi connectivity index (χ0v) is 10.0. The number of rotatable bonds is 8. The van der Waals surface area contributed by atoms with E-state index in [2.05, 4.69) is 0 Å². The van der Waals surface area contributed by atoms with Crippen molar-refractivity contribution in [1.82, 2.24) is 0 Å². The second-order valence-corrected chi connectivity index (χ2v) is 3.70. The van der Waals surface area contributed by atoms with E-state index < -0.39 is 5.91 Å². The molecule has 4 nitrogen and oxygen atoms in total. The maximum absolute atomic E-state index is 10.6. The van der Waals surface area contributed by atoms with Gasteiger partial charge in [-0.05, 0) is 12.8 Å². The highest BCUT2D eigenvalue weighted by Gasteiger charge is 2.14. The fourth-order valence-corrected chi connectivity index (χ4v) is 1.33. The van der Waals surface area contributed by atoms with E-state index >= 15 is 0 Å². The highest BCUT2D eigenvalue weighted by molar-refractivity contribution is 6.31. The highest BCUT2D eigenvalue weighted by Crippen LogP contribution is 1.97. The van der Waals surface area contributed by atoms with Gasteiger partial charge in [0, 0.05) is 20.1 Å². The Bertz CT molecular complexity index is 144. The van der Waals surface area contributed by atoms with Crippen LogP contribution in [0.2, 0.25) is 0 Å². The van der Waals surface area contributed by atoms with Crippen LogP contribution in [0, 0.1) is 0 Å². The third-order valence-corrected chi connectivity index (χ3v) is 2.18. The van der Waals surface area contributed by atoms with E-state index in [1.165, 1.54) is 6.92 Å². The van der Waals surface area contributed by atoms with Crippen LogP contribution >= 0.6 is 0 Å². The lowest BCUT2D eigenvalue weighted by molar-refractivity contribution is -0.135. The first kappa shape index (κ1) is 13.6. The van der Waals surface area contributed by atoms with Gasteiger partial charge in [0.15, 0.2) is 5.91 Å². The first-order chi connectivity index (χ1) is 6.70. The van der Waals surface area contributed by atoms with E-state index in [1.54, 1.807) is 0 Å². The lowest BCUT2D eigenvalue weighted by Crippen LogP contribution is -2.28. The molecule has 82 valence electrons. The second kappa shape index (κ2) is 9.17. The van der Waals surface area contributed by atoms with Gasteiger partial charge in [0.05, 0.1) is 0 Å². The molecule has 5 heteroatoms. The Kier molecular flexibility index (Phi) is 8.92. The topological polar surface area (TPSA) is 44.8 Å². The molecule has 0 amide bonds. The summed E-state index contributed by atoms with van der Waals surface area (Å²) in [6.07, 6.45) is 1.85. The summed E-state index contributed by atoms with van der Waals surface area (Å²) in [6.45, 7) is 6.67. The third-order valence-electron chi connectivity index (χ3n) is 1.25. The predicted octanol–water partition coefficient (Wildman–Crippen LogP) is 1.31. The van der Waals surface area contributed by atoms with Crippen LogP contribution in [0.5, 0.6) is 0 Å². The Labute approximate surface area is 87.9 Å². The van der Waals surface area contributed by atoms with Gasteiger partial charge in [0.2, 0.25) is 0 Å². The summed E-state index contributed by atoms with van der Waals surface area (Å²) in [4.78, 5) is 10.6. The van der Waals surface area contributed by atoms with E-state index in [1.807, 2.05) is 13.8 Å². The molecule has 0 spiro atoms. The summed E-state index contributed by atoms with van der Waals surface area (Å²) < 4.78 is 15.6. The summed E-state index contributed by atoms with van der Waals surface area (Å²) >= 11 is 0. The summed E-state index contributed by atoms with van der Waals surface area (Å²) in [6, 6.07) is 0. The molecule has 2 radical (unpaired) electrons. The van der Waals surface area contributed by atoms with E-state index in [9.17, 15) is 4.79 Å². The molecular weight excluding hydrogens is 200 g/mol. The minimum atomic E-state index is -0.390. The van der Waals surface area contributed by atoms with E-state index in [0.717, 1.165) is 12.8 Å². The van der Waals surface area contributed by atoms with Gasteiger partial charge in [-0.3, -0.25) is 4.79 Å². The largest absolute Gasteiger partial charge is 0.511 e. The number of carbonyl (C=O) groups excluding carboxylic acids is 1. The van der Waals surface area contributed by atoms with Crippen LogP contribution in [0.15, 0.2) is 0 Å². The van der Waals surface area contributed by atoms with Crippen LogP contribution in [0.1, 0.15) is 33.6 Å². The average Bonchev–Trinajstić information content (AvgIpc) is 2.16. The molecule has 0 N–H and O–H groups in total. The molecule has 0 bridgehead atoms. The first-order valence-electron chi connectivity index (χ1n) is 4.86. The maximum Gasteiger partial charge on any atom is 0.380 e. The maximum atomic E-state index is 10.6. The van der Waals surface area contributed by atoms with Gasteiger partial charge >= 0.3 is 9.76 Å². The van der Waals surface area contributed by atoms with Crippen molar-refractivity contribution in [3.8, 4) is 0 Å². The van der Waals surface area contributed by atoms with Crippen LogP contribution in [-0.2, 0) is 18.7 Å². The second-order valence-electron chi connectivity index (χ2n) is 2.79. The van der Waals surface area contributed by atoms with Crippen molar-refractivity contribution < 1.29 is 18.7 Å². The van der Waals surface area contributed by atoms with Crippen LogP contribution in [0.25, 0.3) is 0 Å². The third kappa shape index (κ3) is 8.22. The Morgan fingerprint density at radius 2 is 1.71 bits per heavy atom. The van der Waals surface area contributed by atoms with Crippen molar-refractivity contribution in [1.29, 1.82) is 0 Å². The standard InChI is InChI=1S/C9H18O4Si/c1-4-6-11-9(12-7-5-2)14-13-8(3)10/h9H,4-7H2,1-3H3. The highest BCUT2D eigenvalue weighted by atomic mass is 28.2. The van der Waals surface area contributed by atoms with Gasteiger partial charge in [0.25, 0.3) is 5.97 Å². The molecule has 0 aliphatic carbocycles. The smallest absolute Gasteiger partial charge is 0.380 e. The molecule has 0 aromatic carbocycles. The monoisotopic (exact) mass is 218 g/mol. The molecule has 0 saturated carbocycles.